The van der Waals surface area contributed by atoms with Crippen molar-refractivity contribution in [2.24, 2.45) is 0 Å². The first-order valence-electron chi connectivity index (χ1n) is 9.39. The Morgan fingerprint density at radius 1 is 1.07 bits per heavy atom. The van der Waals surface area contributed by atoms with E-state index >= 15 is 0 Å². The van der Waals surface area contributed by atoms with E-state index in [9.17, 15) is 4.79 Å². The molecule has 1 heterocycles. The van der Waals surface area contributed by atoms with Crippen molar-refractivity contribution in [2.75, 3.05) is 42.0 Å². The lowest BCUT2D eigenvalue weighted by Crippen LogP contribution is -2.22. The molecule has 0 bridgehead atoms. The molecule has 1 amide bonds. The third-order valence-corrected chi connectivity index (χ3v) is 4.67. The van der Waals surface area contributed by atoms with Crippen molar-refractivity contribution in [3.63, 3.8) is 0 Å². The fraction of sp³-hybridized carbons (Fsp3) is 0.381. The second-order valence-corrected chi connectivity index (χ2v) is 6.46. The summed E-state index contributed by atoms with van der Waals surface area (Å²) in [5, 5.41) is 6.24. The van der Waals surface area contributed by atoms with Crippen LogP contribution in [-0.2, 0) is 4.79 Å². The van der Waals surface area contributed by atoms with E-state index in [2.05, 4.69) is 41.5 Å². The molecule has 2 aromatic carbocycles. The molecule has 3 rings (SSSR count). The summed E-state index contributed by atoms with van der Waals surface area (Å²) < 4.78 is 10.7. The quantitative estimate of drug-likeness (QED) is 0.736. The number of nitrogens with zero attached hydrogens (tertiary/aromatic N) is 1. The first-order chi connectivity index (χ1) is 13.1. The standard InChI is InChI=1S/C21H27N3O3/c1-4-24(5-2)17-7-8-18(15(3)12-17)23-21(25)10-11-22-16-6-9-19-20(13-16)27-14-26-19/h6-9,12-13,22H,4-5,10-11,14H2,1-3H3,(H,23,25). The zero-order valence-corrected chi connectivity index (χ0v) is 16.2. The number of benzene rings is 2. The first kappa shape index (κ1) is 18.9. The van der Waals surface area contributed by atoms with E-state index in [1.165, 1.54) is 5.69 Å². The van der Waals surface area contributed by atoms with E-state index in [1.54, 1.807) is 0 Å². The zero-order chi connectivity index (χ0) is 19.2. The lowest BCUT2D eigenvalue weighted by Gasteiger charge is -2.22. The van der Waals surface area contributed by atoms with Crippen LogP contribution in [0.15, 0.2) is 36.4 Å². The Kier molecular flexibility index (Phi) is 6.06. The second-order valence-electron chi connectivity index (χ2n) is 6.46. The topological polar surface area (TPSA) is 62.8 Å². The highest BCUT2D eigenvalue weighted by molar-refractivity contribution is 5.92. The highest BCUT2D eigenvalue weighted by Gasteiger charge is 2.13. The number of fused-ring (bicyclic) bond motifs is 1. The van der Waals surface area contributed by atoms with Gasteiger partial charge in [-0.1, -0.05) is 0 Å². The van der Waals surface area contributed by atoms with Crippen LogP contribution in [-0.4, -0.2) is 32.3 Å². The van der Waals surface area contributed by atoms with Crippen LogP contribution in [0.5, 0.6) is 11.5 Å². The van der Waals surface area contributed by atoms with Gasteiger partial charge in [-0.15, -0.1) is 0 Å². The van der Waals surface area contributed by atoms with E-state index in [0.29, 0.717) is 13.0 Å². The van der Waals surface area contributed by atoms with Crippen LogP contribution >= 0.6 is 0 Å². The average molecular weight is 369 g/mol. The van der Waals surface area contributed by atoms with E-state index < -0.39 is 0 Å². The Labute approximate surface area is 160 Å². The van der Waals surface area contributed by atoms with E-state index in [-0.39, 0.29) is 12.7 Å². The van der Waals surface area contributed by atoms with Gasteiger partial charge in [-0.2, -0.15) is 0 Å². The van der Waals surface area contributed by atoms with Gasteiger partial charge in [0.2, 0.25) is 12.7 Å². The minimum atomic E-state index is -0.0121. The molecule has 2 N–H and O–H groups in total. The van der Waals surface area contributed by atoms with Crippen molar-refractivity contribution >= 4 is 23.0 Å². The van der Waals surface area contributed by atoms with Gasteiger partial charge in [0.1, 0.15) is 0 Å². The van der Waals surface area contributed by atoms with Gasteiger partial charge in [0.25, 0.3) is 0 Å². The number of carbonyl (C=O) groups is 1. The molecule has 0 atom stereocenters. The van der Waals surface area contributed by atoms with Gasteiger partial charge < -0.3 is 25.0 Å². The Hall–Kier alpha value is -2.89. The molecule has 144 valence electrons. The smallest absolute Gasteiger partial charge is 0.231 e. The molecule has 0 saturated carbocycles. The molecule has 0 aromatic heterocycles. The molecule has 0 aliphatic carbocycles. The van der Waals surface area contributed by atoms with Crippen molar-refractivity contribution in [1.82, 2.24) is 0 Å². The molecular formula is C21H27N3O3. The van der Waals surface area contributed by atoms with Crippen molar-refractivity contribution in [2.45, 2.75) is 27.2 Å². The molecule has 1 aliphatic rings. The van der Waals surface area contributed by atoms with Gasteiger partial charge in [-0.05, 0) is 56.7 Å². The summed E-state index contributed by atoms with van der Waals surface area (Å²) in [6.45, 7) is 9.03. The number of carbonyl (C=O) groups excluding carboxylic acids is 1. The number of amides is 1. The largest absolute Gasteiger partial charge is 0.454 e. The summed E-state index contributed by atoms with van der Waals surface area (Å²) in [6, 6.07) is 11.8. The number of hydrogen-bond donors (Lipinski definition) is 2. The minimum Gasteiger partial charge on any atom is -0.454 e. The van der Waals surface area contributed by atoms with Crippen LogP contribution in [0.2, 0.25) is 0 Å². The number of nitrogens with one attached hydrogen (secondary N) is 2. The van der Waals surface area contributed by atoms with Crippen LogP contribution < -0.4 is 25.0 Å². The molecule has 0 fully saturated rings. The van der Waals surface area contributed by atoms with Crippen molar-refractivity contribution in [3.05, 3.63) is 42.0 Å². The number of aryl methyl sites for hydroxylation is 1. The van der Waals surface area contributed by atoms with Crippen LogP contribution in [0.4, 0.5) is 17.1 Å². The Bertz CT molecular complexity index is 803. The highest BCUT2D eigenvalue weighted by Crippen LogP contribution is 2.34. The highest BCUT2D eigenvalue weighted by atomic mass is 16.7. The Balaban J connectivity index is 1.50. The summed E-state index contributed by atoms with van der Waals surface area (Å²) in [4.78, 5) is 14.6. The fourth-order valence-electron chi connectivity index (χ4n) is 3.11. The Morgan fingerprint density at radius 3 is 2.59 bits per heavy atom. The normalized spacial score (nSPS) is 12.0. The molecule has 27 heavy (non-hydrogen) atoms. The van der Waals surface area contributed by atoms with Gasteiger partial charge in [0.05, 0.1) is 0 Å². The first-order valence-corrected chi connectivity index (χ1v) is 9.39. The molecule has 0 unspecified atom stereocenters. The molecule has 0 radical (unpaired) electrons. The van der Waals surface area contributed by atoms with Gasteiger partial charge >= 0.3 is 0 Å². The van der Waals surface area contributed by atoms with E-state index in [0.717, 1.165) is 41.5 Å². The fourth-order valence-corrected chi connectivity index (χ4v) is 3.11. The van der Waals surface area contributed by atoms with E-state index in [4.69, 9.17) is 9.47 Å². The van der Waals surface area contributed by atoms with Gasteiger partial charge in [0, 0.05) is 49.2 Å². The van der Waals surface area contributed by atoms with Crippen molar-refractivity contribution in [1.29, 1.82) is 0 Å². The molecule has 6 heteroatoms. The maximum absolute atomic E-state index is 12.3. The second kappa shape index (κ2) is 8.66. The lowest BCUT2D eigenvalue weighted by atomic mass is 10.1. The van der Waals surface area contributed by atoms with Gasteiger partial charge in [0.15, 0.2) is 11.5 Å². The van der Waals surface area contributed by atoms with Crippen LogP contribution in [0.25, 0.3) is 0 Å². The molecule has 0 spiro atoms. The summed E-state index contributed by atoms with van der Waals surface area (Å²) in [7, 11) is 0. The number of ether oxygens (including phenoxy) is 2. The summed E-state index contributed by atoms with van der Waals surface area (Å²) in [5.74, 6) is 1.47. The van der Waals surface area contributed by atoms with Gasteiger partial charge in [-0.25, -0.2) is 0 Å². The van der Waals surface area contributed by atoms with Gasteiger partial charge in [-0.3, -0.25) is 4.79 Å². The zero-order valence-electron chi connectivity index (χ0n) is 16.2. The predicted octanol–water partition coefficient (Wildman–Crippen LogP) is 4.01. The van der Waals surface area contributed by atoms with Crippen molar-refractivity contribution in [3.8, 4) is 11.5 Å². The monoisotopic (exact) mass is 369 g/mol. The van der Waals surface area contributed by atoms with Crippen LogP contribution in [0.1, 0.15) is 25.8 Å². The maximum Gasteiger partial charge on any atom is 0.231 e. The predicted molar refractivity (Wildman–Crippen MR) is 109 cm³/mol. The Morgan fingerprint density at radius 2 is 1.85 bits per heavy atom. The van der Waals surface area contributed by atoms with E-state index in [1.807, 2.05) is 31.2 Å². The van der Waals surface area contributed by atoms with Crippen LogP contribution in [0, 0.1) is 6.92 Å². The third-order valence-electron chi connectivity index (χ3n) is 4.67. The minimum absolute atomic E-state index is 0.0121. The lowest BCUT2D eigenvalue weighted by molar-refractivity contribution is -0.115. The molecule has 0 saturated heterocycles. The molecule has 2 aromatic rings. The SMILES string of the molecule is CCN(CC)c1ccc(NC(=O)CCNc2ccc3c(c2)OCO3)c(C)c1. The molecule has 1 aliphatic heterocycles. The maximum atomic E-state index is 12.3. The number of anilines is 3. The number of rotatable bonds is 8. The summed E-state index contributed by atoms with van der Waals surface area (Å²) in [5.41, 5.74) is 4.02. The summed E-state index contributed by atoms with van der Waals surface area (Å²) >= 11 is 0. The third kappa shape index (κ3) is 4.64. The molecule has 6 nitrogen and oxygen atoms in total. The van der Waals surface area contributed by atoms with Crippen molar-refractivity contribution < 1.29 is 14.3 Å². The number of hydrogen-bond acceptors (Lipinski definition) is 5. The van der Waals surface area contributed by atoms with Crippen LogP contribution in [0.3, 0.4) is 0 Å². The molecular weight excluding hydrogens is 342 g/mol. The average Bonchev–Trinajstić information content (AvgIpc) is 3.13. The summed E-state index contributed by atoms with van der Waals surface area (Å²) in [6.07, 6.45) is 0.381.